The molecule has 1 atom stereocenters. The van der Waals surface area contributed by atoms with E-state index in [1.807, 2.05) is 13.8 Å². The monoisotopic (exact) mass is 471 g/mol. The van der Waals surface area contributed by atoms with Crippen molar-refractivity contribution in [3.63, 3.8) is 0 Å². The number of hydrogen-bond donors (Lipinski definition) is 1. The predicted octanol–water partition coefficient (Wildman–Crippen LogP) is 2.76. The fourth-order valence-corrected chi connectivity index (χ4v) is 5.23. The lowest BCUT2D eigenvalue weighted by molar-refractivity contribution is -0.0455. The Morgan fingerprint density at radius 1 is 1.40 bits per heavy atom. The highest BCUT2D eigenvalue weighted by Crippen LogP contribution is 2.40. The minimum atomic E-state index is -3.70. The van der Waals surface area contributed by atoms with E-state index in [1.165, 1.54) is 38.0 Å². The first-order chi connectivity index (χ1) is 11.2. The molecule has 1 aromatic rings. The summed E-state index contributed by atoms with van der Waals surface area (Å²) < 4.78 is 26.0. The molecule has 1 N–H and O–H groups in total. The van der Waals surface area contributed by atoms with E-state index in [1.54, 1.807) is 11.0 Å². The van der Waals surface area contributed by atoms with E-state index < -0.39 is 15.7 Å². The standard InChI is InChI=1S/C15H22ClN3O3S2.BrH/c1-5-17-14-19(6-2)15(20,10-23-14)11-7-8-12(16)13(9-11)24(21,22)18(3)4;/h7-9,20H,5-6,10H2,1-4H3;1H. The fourth-order valence-electron chi connectivity index (χ4n) is 2.53. The van der Waals surface area contributed by atoms with Crippen molar-refractivity contribution in [1.82, 2.24) is 9.21 Å². The van der Waals surface area contributed by atoms with Crippen LogP contribution in [0.4, 0.5) is 0 Å². The van der Waals surface area contributed by atoms with Gasteiger partial charge in [0.15, 0.2) is 10.9 Å². The second-order valence-corrected chi connectivity index (χ2v) is 9.01. The van der Waals surface area contributed by atoms with Gasteiger partial charge >= 0.3 is 0 Å². The van der Waals surface area contributed by atoms with Gasteiger partial charge in [-0.3, -0.25) is 4.99 Å². The normalized spacial score (nSPS) is 22.5. The number of aliphatic imine (C=N–C) groups is 1. The molecule has 1 unspecified atom stereocenters. The van der Waals surface area contributed by atoms with Gasteiger partial charge in [0.05, 0.1) is 10.8 Å². The van der Waals surface area contributed by atoms with Crippen LogP contribution in [0.25, 0.3) is 0 Å². The molecule has 0 aliphatic carbocycles. The average Bonchev–Trinajstić information content (AvgIpc) is 2.84. The smallest absolute Gasteiger partial charge is 0.244 e. The number of thioether (sulfide) groups is 1. The van der Waals surface area contributed by atoms with Crippen molar-refractivity contribution in [2.75, 3.05) is 32.9 Å². The van der Waals surface area contributed by atoms with E-state index in [-0.39, 0.29) is 26.9 Å². The Morgan fingerprint density at radius 3 is 2.56 bits per heavy atom. The van der Waals surface area contributed by atoms with Crippen molar-refractivity contribution >= 4 is 55.5 Å². The lowest BCUT2D eigenvalue weighted by Crippen LogP contribution is -2.45. The predicted molar refractivity (Wildman–Crippen MR) is 109 cm³/mol. The van der Waals surface area contributed by atoms with Gasteiger partial charge in [-0.1, -0.05) is 29.4 Å². The quantitative estimate of drug-likeness (QED) is 0.713. The number of aliphatic hydroxyl groups is 1. The zero-order valence-corrected chi connectivity index (χ0v) is 18.7. The maximum Gasteiger partial charge on any atom is 0.244 e. The fraction of sp³-hybridized carbons (Fsp3) is 0.533. The van der Waals surface area contributed by atoms with Crippen LogP contribution in [0.1, 0.15) is 19.4 Å². The number of nitrogens with zero attached hydrogens (tertiary/aromatic N) is 3. The summed E-state index contributed by atoms with van der Waals surface area (Å²) in [5, 5.41) is 12.1. The Balaban J connectivity index is 0.00000312. The summed E-state index contributed by atoms with van der Waals surface area (Å²) >= 11 is 7.55. The summed E-state index contributed by atoms with van der Waals surface area (Å²) in [7, 11) is -0.805. The molecule has 0 amide bonds. The molecule has 1 aliphatic heterocycles. The van der Waals surface area contributed by atoms with Crippen molar-refractivity contribution in [2.45, 2.75) is 24.5 Å². The van der Waals surface area contributed by atoms with E-state index >= 15 is 0 Å². The van der Waals surface area contributed by atoms with Crippen LogP contribution >= 0.6 is 40.3 Å². The van der Waals surface area contributed by atoms with Gasteiger partial charge in [-0.15, -0.1) is 17.0 Å². The third-order valence-corrected chi connectivity index (χ3v) is 7.29. The Kier molecular flexibility index (Phi) is 7.80. The molecule has 1 aromatic carbocycles. The van der Waals surface area contributed by atoms with Gasteiger partial charge in [-0.05, 0) is 26.0 Å². The van der Waals surface area contributed by atoms with Crippen molar-refractivity contribution in [3.05, 3.63) is 28.8 Å². The minimum Gasteiger partial charge on any atom is -0.366 e. The van der Waals surface area contributed by atoms with Gasteiger partial charge in [0.1, 0.15) is 4.90 Å². The van der Waals surface area contributed by atoms with E-state index in [0.29, 0.717) is 24.4 Å². The molecule has 0 bridgehead atoms. The Hall–Kier alpha value is -0.320. The van der Waals surface area contributed by atoms with E-state index in [9.17, 15) is 13.5 Å². The van der Waals surface area contributed by atoms with E-state index in [0.717, 1.165) is 9.47 Å². The van der Waals surface area contributed by atoms with Crippen LogP contribution in [0.3, 0.4) is 0 Å². The second-order valence-electron chi connectivity index (χ2n) is 5.54. The van der Waals surface area contributed by atoms with Gasteiger partial charge in [0, 0.05) is 32.7 Å². The Bertz CT molecular complexity index is 758. The highest BCUT2D eigenvalue weighted by Gasteiger charge is 2.44. The summed E-state index contributed by atoms with van der Waals surface area (Å²) in [5.41, 5.74) is -0.822. The highest BCUT2D eigenvalue weighted by molar-refractivity contribution is 8.93. The average molecular weight is 473 g/mol. The van der Waals surface area contributed by atoms with Crippen LogP contribution in [-0.2, 0) is 15.7 Å². The van der Waals surface area contributed by atoms with Crippen LogP contribution in [0.2, 0.25) is 5.02 Å². The third kappa shape index (κ3) is 4.17. The van der Waals surface area contributed by atoms with Crippen molar-refractivity contribution in [2.24, 2.45) is 4.99 Å². The minimum absolute atomic E-state index is 0. The molecule has 0 aromatic heterocycles. The van der Waals surface area contributed by atoms with Crippen LogP contribution in [0, 0.1) is 0 Å². The molecule has 0 radical (unpaired) electrons. The molecule has 2 rings (SSSR count). The van der Waals surface area contributed by atoms with Crippen molar-refractivity contribution in [3.8, 4) is 0 Å². The number of hydrogen-bond acceptors (Lipinski definition) is 5. The first-order valence-electron chi connectivity index (χ1n) is 7.58. The Morgan fingerprint density at radius 2 is 2.04 bits per heavy atom. The van der Waals surface area contributed by atoms with E-state index in [2.05, 4.69) is 4.99 Å². The number of rotatable bonds is 5. The number of halogens is 2. The molecule has 142 valence electrons. The molecule has 1 saturated heterocycles. The van der Waals surface area contributed by atoms with E-state index in [4.69, 9.17) is 11.6 Å². The first kappa shape index (κ1) is 22.7. The molecule has 10 heteroatoms. The molecule has 0 saturated carbocycles. The molecule has 1 aliphatic rings. The zero-order valence-electron chi connectivity index (χ0n) is 14.6. The van der Waals surface area contributed by atoms with Crippen LogP contribution in [0.15, 0.2) is 28.1 Å². The maximum atomic E-state index is 12.5. The molecular formula is C15H23BrClN3O3S2. The molecule has 1 heterocycles. The number of sulfonamides is 1. The lowest BCUT2D eigenvalue weighted by atomic mass is 10.0. The van der Waals surface area contributed by atoms with Crippen LogP contribution < -0.4 is 0 Å². The summed E-state index contributed by atoms with van der Waals surface area (Å²) in [4.78, 5) is 6.18. The number of amidine groups is 1. The molecule has 25 heavy (non-hydrogen) atoms. The van der Waals surface area contributed by atoms with Gasteiger partial charge in [0.2, 0.25) is 10.0 Å². The highest BCUT2D eigenvalue weighted by atomic mass is 79.9. The summed E-state index contributed by atoms with van der Waals surface area (Å²) in [6, 6.07) is 4.63. The largest absolute Gasteiger partial charge is 0.366 e. The molecule has 6 nitrogen and oxygen atoms in total. The molecule has 0 spiro atoms. The van der Waals surface area contributed by atoms with Crippen molar-refractivity contribution in [1.29, 1.82) is 0 Å². The van der Waals surface area contributed by atoms with Gasteiger partial charge in [0.25, 0.3) is 0 Å². The summed E-state index contributed by atoms with van der Waals surface area (Å²) in [6.45, 7) is 5.04. The second kappa shape index (κ2) is 8.58. The Labute approximate surface area is 169 Å². The summed E-state index contributed by atoms with van der Waals surface area (Å²) in [6.07, 6.45) is 0. The summed E-state index contributed by atoms with van der Waals surface area (Å²) in [5.74, 6) is 0.378. The number of benzene rings is 1. The maximum absolute atomic E-state index is 12.5. The van der Waals surface area contributed by atoms with Gasteiger partial charge in [-0.2, -0.15) is 0 Å². The molecule has 1 fully saturated rings. The zero-order chi connectivity index (χ0) is 18.1. The van der Waals surface area contributed by atoms with Crippen LogP contribution in [-0.4, -0.2) is 60.8 Å². The van der Waals surface area contributed by atoms with Gasteiger partial charge < -0.3 is 10.0 Å². The topological polar surface area (TPSA) is 73.2 Å². The van der Waals surface area contributed by atoms with Crippen LogP contribution in [0.5, 0.6) is 0 Å². The SMILES string of the molecule is Br.CCN=C1SCC(O)(c2ccc(Cl)c(S(=O)(=O)N(C)C)c2)N1CC. The first-order valence-corrected chi connectivity index (χ1v) is 10.4. The third-order valence-electron chi connectivity index (χ3n) is 3.84. The molecular weight excluding hydrogens is 450 g/mol. The lowest BCUT2D eigenvalue weighted by Gasteiger charge is -2.34. The van der Waals surface area contributed by atoms with Crippen molar-refractivity contribution < 1.29 is 13.5 Å². The van der Waals surface area contributed by atoms with Gasteiger partial charge in [-0.25, -0.2) is 12.7 Å².